The number of hydrogen-bond acceptors (Lipinski definition) is 0. The van der Waals surface area contributed by atoms with Crippen LogP contribution in [0, 0.1) is 6.92 Å². The van der Waals surface area contributed by atoms with E-state index in [1.165, 1.54) is 22.0 Å². The van der Waals surface area contributed by atoms with E-state index in [0.717, 1.165) is 0 Å². The summed E-state index contributed by atoms with van der Waals surface area (Å²) in [6.07, 6.45) is 2.18. The molecule has 1 atom stereocenters. The Morgan fingerprint density at radius 1 is 0.889 bits per heavy atom. The molecule has 0 radical (unpaired) electrons. The van der Waals surface area contributed by atoms with E-state index >= 15 is 0 Å². The van der Waals surface area contributed by atoms with Crippen molar-refractivity contribution in [3.63, 3.8) is 0 Å². The lowest BCUT2D eigenvalue weighted by molar-refractivity contribution is 0.660. The zero-order valence-electron chi connectivity index (χ0n) is 10.8. The lowest BCUT2D eigenvalue weighted by Gasteiger charge is -2.18. The van der Waals surface area contributed by atoms with Crippen molar-refractivity contribution in [2.45, 2.75) is 19.9 Å². The smallest absolute Gasteiger partial charge is 0.0560 e. The highest BCUT2D eigenvalue weighted by atomic mass is 15.0. The molecule has 0 bridgehead atoms. The first-order chi connectivity index (χ1) is 8.77. The molecule has 0 saturated heterocycles. The molecule has 0 amide bonds. The first kappa shape index (κ1) is 11.1. The van der Waals surface area contributed by atoms with Crippen molar-refractivity contribution >= 4 is 10.9 Å². The number of fused-ring (bicyclic) bond motifs is 1. The molecule has 3 aromatic rings. The first-order valence-corrected chi connectivity index (χ1v) is 6.38. The lowest BCUT2D eigenvalue weighted by atomic mass is 10.0. The second-order valence-electron chi connectivity index (χ2n) is 4.81. The molecule has 1 heterocycles. The predicted molar refractivity (Wildman–Crippen MR) is 76.9 cm³/mol. The summed E-state index contributed by atoms with van der Waals surface area (Å²) < 4.78 is 2.34. The van der Waals surface area contributed by atoms with Crippen LogP contribution < -0.4 is 0 Å². The van der Waals surface area contributed by atoms with Crippen molar-refractivity contribution in [2.24, 2.45) is 0 Å². The van der Waals surface area contributed by atoms with Gasteiger partial charge in [-0.2, -0.15) is 0 Å². The van der Waals surface area contributed by atoms with Gasteiger partial charge < -0.3 is 4.57 Å². The van der Waals surface area contributed by atoms with Gasteiger partial charge in [0.15, 0.2) is 0 Å². The van der Waals surface area contributed by atoms with Gasteiger partial charge in [0.25, 0.3) is 0 Å². The fourth-order valence-electron chi connectivity index (χ4n) is 2.65. The quantitative estimate of drug-likeness (QED) is 0.613. The molecule has 0 aliphatic heterocycles. The highest BCUT2D eigenvalue weighted by molar-refractivity contribution is 5.80. The minimum Gasteiger partial charge on any atom is -0.340 e. The van der Waals surface area contributed by atoms with E-state index in [4.69, 9.17) is 0 Å². The number of aryl methyl sites for hydroxylation is 1. The summed E-state index contributed by atoms with van der Waals surface area (Å²) in [7, 11) is 0. The van der Waals surface area contributed by atoms with Gasteiger partial charge >= 0.3 is 0 Å². The largest absolute Gasteiger partial charge is 0.340 e. The summed E-state index contributed by atoms with van der Waals surface area (Å²) in [6, 6.07) is 19.7. The van der Waals surface area contributed by atoms with E-state index in [0.29, 0.717) is 6.04 Å². The van der Waals surface area contributed by atoms with Crippen molar-refractivity contribution in [2.75, 3.05) is 0 Å². The van der Waals surface area contributed by atoms with Crippen LogP contribution in [-0.2, 0) is 0 Å². The van der Waals surface area contributed by atoms with Crippen molar-refractivity contribution in [3.05, 3.63) is 71.9 Å². The molecule has 0 saturated carbocycles. The molecule has 0 fully saturated rings. The van der Waals surface area contributed by atoms with Crippen molar-refractivity contribution in [1.29, 1.82) is 0 Å². The van der Waals surface area contributed by atoms with Gasteiger partial charge in [-0.05, 0) is 42.5 Å². The SMILES string of the molecule is Cc1ccccc1C(C)n1ccc2ccccc21. The van der Waals surface area contributed by atoms with E-state index in [9.17, 15) is 0 Å². The van der Waals surface area contributed by atoms with Crippen molar-refractivity contribution in [1.82, 2.24) is 4.57 Å². The summed E-state index contributed by atoms with van der Waals surface area (Å²) >= 11 is 0. The van der Waals surface area contributed by atoms with Gasteiger partial charge in [-0.15, -0.1) is 0 Å². The maximum absolute atomic E-state index is 2.34. The zero-order chi connectivity index (χ0) is 12.5. The molecule has 0 N–H and O–H groups in total. The molecule has 1 unspecified atom stereocenters. The molecule has 1 aromatic heterocycles. The summed E-state index contributed by atoms with van der Waals surface area (Å²) in [4.78, 5) is 0. The van der Waals surface area contributed by atoms with E-state index in [-0.39, 0.29) is 0 Å². The van der Waals surface area contributed by atoms with Crippen LogP contribution in [-0.4, -0.2) is 4.57 Å². The third-order valence-corrected chi connectivity index (χ3v) is 3.69. The number of nitrogens with zero attached hydrogens (tertiary/aromatic N) is 1. The fourth-order valence-corrected chi connectivity index (χ4v) is 2.65. The highest BCUT2D eigenvalue weighted by Crippen LogP contribution is 2.26. The summed E-state index contributed by atoms with van der Waals surface area (Å²) in [5.41, 5.74) is 4.04. The monoisotopic (exact) mass is 235 g/mol. The number of benzene rings is 2. The van der Waals surface area contributed by atoms with Crippen LogP contribution in [0.25, 0.3) is 10.9 Å². The molecular weight excluding hydrogens is 218 g/mol. The molecule has 1 nitrogen and oxygen atoms in total. The van der Waals surface area contributed by atoms with Gasteiger partial charge in [0.1, 0.15) is 0 Å². The van der Waals surface area contributed by atoms with Gasteiger partial charge in [-0.1, -0.05) is 42.5 Å². The second-order valence-corrected chi connectivity index (χ2v) is 4.81. The van der Waals surface area contributed by atoms with Crippen LogP contribution in [0.1, 0.15) is 24.1 Å². The Labute approximate surface area is 108 Å². The molecule has 1 heteroatoms. The number of rotatable bonds is 2. The summed E-state index contributed by atoms with van der Waals surface area (Å²) in [5, 5.41) is 1.30. The van der Waals surface area contributed by atoms with E-state index < -0.39 is 0 Å². The van der Waals surface area contributed by atoms with Crippen molar-refractivity contribution in [3.8, 4) is 0 Å². The standard InChI is InChI=1S/C17H17N/c1-13-7-3-5-9-16(13)14(2)18-12-11-15-8-4-6-10-17(15)18/h3-12,14H,1-2H3. The number of hydrogen-bond donors (Lipinski definition) is 0. The molecule has 0 spiro atoms. The Bertz CT molecular complexity index is 679. The number of para-hydroxylation sites is 1. The molecule has 2 aromatic carbocycles. The third kappa shape index (κ3) is 1.72. The minimum atomic E-state index is 0.367. The average Bonchev–Trinajstić information content (AvgIpc) is 2.82. The van der Waals surface area contributed by atoms with Gasteiger partial charge in [-0.3, -0.25) is 0 Å². The van der Waals surface area contributed by atoms with Crippen LogP contribution in [0.15, 0.2) is 60.8 Å². The average molecular weight is 235 g/mol. The Morgan fingerprint density at radius 2 is 1.61 bits per heavy atom. The van der Waals surface area contributed by atoms with Crippen LogP contribution >= 0.6 is 0 Å². The Kier molecular flexibility index (Phi) is 2.67. The Morgan fingerprint density at radius 3 is 2.44 bits per heavy atom. The van der Waals surface area contributed by atoms with Gasteiger partial charge in [0.05, 0.1) is 6.04 Å². The predicted octanol–water partition coefficient (Wildman–Crippen LogP) is 4.56. The topological polar surface area (TPSA) is 4.93 Å². The van der Waals surface area contributed by atoms with Crippen LogP contribution in [0.3, 0.4) is 0 Å². The molecular formula is C17H17N. The molecule has 0 aliphatic rings. The van der Waals surface area contributed by atoms with Crippen molar-refractivity contribution < 1.29 is 0 Å². The lowest BCUT2D eigenvalue weighted by Crippen LogP contribution is -2.06. The fraction of sp³-hybridized carbons (Fsp3) is 0.176. The highest BCUT2D eigenvalue weighted by Gasteiger charge is 2.11. The molecule has 90 valence electrons. The maximum Gasteiger partial charge on any atom is 0.0560 e. The second kappa shape index (κ2) is 4.34. The normalized spacial score (nSPS) is 12.8. The van der Waals surface area contributed by atoms with Crippen LogP contribution in [0.4, 0.5) is 0 Å². The van der Waals surface area contributed by atoms with E-state index in [1.807, 2.05) is 0 Å². The molecule has 3 rings (SSSR count). The molecule has 0 aliphatic carbocycles. The van der Waals surface area contributed by atoms with Gasteiger partial charge in [-0.25, -0.2) is 0 Å². The van der Waals surface area contributed by atoms with Crippen LogP contribution in [0.2, 0.25) is 0 Å². The Balaban J connectivity index is 2.13. The maximum atomic E-state index is 2.34. The summed E-state index contributed by atoms with van der Waals surface area (Å²) in [6.45, 7) is 4.44. The van der Waals surface area contributed by atoms with E-state index in [2.05, 4.69) is 79.2 Å². The first-order valence-electron chi connectivity index (χ1n) is 6.38. The number of aromatic nitrogens is 1. The van der Waals surface area contributed by atoms with Gasteiger partial charge in [0, 0.05) is 11.7 Å². The zero-order valence-corrected chi connectivity index (χ0v) is 10.8. The van der Waals surface area contributed by atoms with Crippen LogP contribution in [0.5, 0.6) is 0 Å². The van der Waals surface area contributed by atoms with Gasteiger partial charge in [0.2, 0.25) is 0 Å². The minimum absolute atomic E-state index is 0.367. The molecule has 18 heavy (non-hydrogen) atoms. The summed E-state index contributed by atoms with van der Waals surface area (Å²) in [5.74, 6) is 0. The van der Waals surface area contributed by atoms with E-state index in [1.54, 1.807) is 0 Å². The third-order valence-electron chi connectivity index (χ3n) is 3.69. The Hall–Kier alpha value is -2.02.